The summed E-state index contributed by atoms with van der Waals surface area (Å²) >= 11 is 0. The summed E-state index contributed by atoms with van der Waals surface area (Å²) < 4.78 is 6.22. The van der Waals surface area contributed by atoms with Gasteiger partial charge < -0.3 is 9.32 Å². The van der Waals surface area contributed by atoms with Crippen LogP contribution in [0, 0.1) is 0 Å². The Morgan fingerprint density at radius 3 is 2.10 bits per heavy atom. The Morgan fingerprint density at radius 1 is 0.487 bits per heavy atom. The topological polar surface area (TPSA) is 16.4 Å². The normalized spacial score (nSPS) is 13.6. The molecule has 2 heteroatoms. The third kappa shape index (κ3) is 3.28. The van der Waals surface area contributed by atoms with E-state index in [1.165, 1.54) is 27.6 Å². The lowest BCUT2D eigenvalue weighted by Crippen LogP contribution is -2.16. The first-order chi connectivity index (χ1) is 19.1. The van der Waals surface area contributed by atoms with E-state index in [1.807, 2.05) is 12.1 Å². The summed E-state index contributed by atoms with van der Waals surface area (Å²) in [6, 6.07) is 45.8. The molecule has 0 saturated carbocycles. The largest absolute Gasteiger partial charge is 0.456 e. The van der Waals surface area contributed by atoms with Gasteiger partial charge in [-0.25, -0.2) is 0 Å². The van der Waals surface area contributed by atoms with Gasteiger partial charge in [0.2, 0.25) is 0 Å². The number of rotatable bonds is 3. The Kier molecular flexibility index (Phi) is 4.60. The Morgan fingerprint density at radius 2 is 1.21 bits per heavy atom. The van der Waals surface area contributed by atoms with Gasteiger partial charge in [-0.05, 0) is 87.6 Å². The standard InChI is InChI=1S/C37H27NO/c1-37(2)33-14-8-6-12-29(33)30-19-18-28(23-34(30)37)38(26-10-4-3-5-11-26)27-17-16-24-21-32-31-13-7-9-15-35(31)39-36(32)22-25(24)20-27/h3-23H,1-2H3. The van der Waals surface area contributed by atoms with Crippen LogP contribution in [0.25, 0.3) is 43.8 Å². The van der Waals surface area contributed by atoms with Gasteiger partial charge in [-0.2, -0.15) is 0 Å². The number of fused-ring (bicyclic) bond motifs is 7. The van der Waals surface area contributed by atoms with Crippen LogP contribution in [-0.4, -0.2) is 0 Å². The molecule has 0 fully saturated rings. The Hall–Kier alpha value is -4.82. The molecule has 0 unspecified atom stereocenters. The third-order valence-electron chi connectivity index (χ3n) is 8.42. The summed E-state index contributed by atoms with van der Waals surface area (Å²) in [5.41, 5.74) is 10.6. The van der Waals surface area contributed by atoms with Gasteiger partial charge in [0, 0.05) is 33.2 Å². The van der Waals surface area contributed by atoms with Crippen LogP contribution in [0.15, 0.2) is 132 Å². The van der Waals surface area contributed by atoms with Gasteiger partial charge in [0.15, 0.2) is 0 Å². The third-order valence-corrected chi connectivity index (χ3v) is 8.42. The van der Waals surface area contributed by atoms with E-state index in [0.29, 0.717) is 0 Å². The van der Waals surface area contributed by atoms with E-state index < -0.39 is 0 Å². The van der Waals surface area contributed by atoms with E-state index in [1.54, 1.807) is 0 Å². The van der Waals surface area contributed by atoms with Crippen molar-refractivity contribution in [2.24, 2.45) is 0 Å². The van der Waals surface area contributed by atoms with Crippen molar-refractivity contribution in [2.45, 2.75) is 19.3 Å². The van der Waals surface area contributed by atoms with E-state index in [0.717, 1.165) is 44.4 Å². The first kappa shape index (κ1) is 22.2. The lowest BCUT2D eigenvalue weighted by atomic mass is 9.82. The zero-order valence-electron chi connectivity index (χ0n) is 22.0. The molecule has 0 spiro atoms. The van der Waals surface area contributed by atoms with Gasteiger partial charge in [-0.15, -0.1) is 0 Å². The molecule has 1 aliphatic rings. The molecule has 6 aromatic carbocycles. The van der Waals surface area contributed by atoms with Crippen LogP contribution < -0.4 is 4.90 Å². The second-order valence-corrected chi connectivity index (χ2v) is 11.0. The zero-order chi connectivity index (χ0) is 26.1. The molecule has 0 amide bonds. The van der Waals surface area contributed by atoms with Crippen LogP contribution in [0.3, 0.4) is 0 Å². The van der Waals surface area contributed by atoms with Gasteiger partial charge >= 0.3 is 0 Å². The molecular weight excluding hydrogens is 474 g/mol. The lowest BCUT2D eigenvalue weighted by molar-refractivity contribution is 0.660. The van der Waals surface area contributed by atoms with Crippen LogP contribution in [-0.2, 0) is 5.41 Å². The highest BCUT2D eigenvalue weighted by Crippen LogP contribution is 2.50. The molecule has 186 valence electrons. The van der Waals surface area contributed by atoms with Crippen LogP contribution in [0.2, 0.25) is 0 Å². The number of para-hydroxylation sites is 2. The Balaban J connectivity index is 1.31. The number of anilines is 3. The minimum absolute atomic E-state index is 0.0550. The van der Waals surface area contributed by atoms with Crippen molar-refractivity contribution >= 4 is 49.8 Å². The zero-order valence-corrected chi connectivity index (χ0v) is 22.0. The molecule has 0 atom stereocenters. The summed E-state index contributed by atoms with van der Waals surface area (Å²) in [6.45, 7) is 4.67. The fourth-order valence-corrected chi connectivity index (χ4v) is 6.45. The van der Waals surface area contributed by atoms with Crippen molar-refractivity contribution in [2.75, 3.05) is 4.90 Å². The predicted molar refractivity (Wildman–Crippen MR) is 163 cm³/mol. The number of furan rings is 1. The fourth-order valence-electron chi connectivity index (χ4n) is 6.45. The van der Waals surface area contributed by atoms with Crippen molar-refractivity contribution in [3.05, 3.63) is 139 Å². The van der Waals surface area contributed by atoms with Crippen molar-refractivity contribution in [3.8, 4) is 11.1 Å². The molecule has 0 aliphatic heterocycles. The lowest BCUT2D eigenvalue weighted by Gasteiger charge is -2.28. The smallest absolute Gasteiger partial charge is 0.136 e. The maximum Gasteiger partial charge on any atom is 0.136 e. The summed E-state index contributed by atoms with van der Waals surface area (Å²) in [5.74, 6) is 0. The highest BCUT2D eigenvalue weighted by atomic mass is 16.3. The molecule has 8 rings (SSSR count). The van der Waals surface area contributed by atoms with Crippen LogP contribution in [0.1, 0.15) is 25.0 Å². The second-order valence-electron chi connectivity index (χ2n) is 11.0. The average molecular weight is 502 g/mol. The molecule has 7 aromatic rings. The van der Waals surface area contributed by atoms with Gasteiger partial charge in [0.25, 0.3) is 0 Å². The van der Waals surface area contributed by atoms with E-state index in [-0.39, 0.29) is 5.41 Å². The number of benzene rings is 6. The van der Waals surface area contributed by atoms with Crippen LogP contribution >= 0.6 is 0 Å². The monoisotopic (exact) mass is 501 g/mol. The molecule has 39 heavy (non-hydrogen) atoms. The molecule has 1 aliphatic carbocycles. The minimum Gasteiger partial charge on any atom is -0.456 e. The maximum absolute atomic E-state index is 6.22. The summed E-state index contributed by atoms with van der Waals surface area (Å²) in [6.07, 6.45) is 0. The molecule has 1 aromatic heterocycles. The van der Waals surface area contributed by atoms with Crippen LogP contribution in [0.4, 0.5) is 17.1 Å². The summed E-state index contributed by atoms with van der Waals surface area (Å²) in [4.78, 5) is 2.36. The SMILES string of the molecule is CC1(C)c2ccccc2-c2ccc(N(c3ccccc3)c3ccc4cc5c(cc4c3)oc3ccccc35)cc21. The molecule has 2 nitrogen and oxygen atoms in total. The van der Waals surface area contributed by atoms with E-state index in [2.05, 4.69) is 134 Å². The average Bonchev–Trinajstić information content (AvgIpc) is 3.44. The highest BCUT2D eigenvalue weighted by Gasteiger charge is 2.35. The second kappa shape index (κ2) is 8.09. The molecule has 0 radical (unpaired) electrons. The van der Waals surface area contributed by atoms with Gasteiger partial charge in [0.05, 0.1) is 0 Å². The van der Waals surface area contributed by atoms with Gasteiger partial charge in [-0.1, -0.05) is 86.6 Å². The van der Waals surface area contributed by atoms with Crippen molar-refractivity contribution < 1.29 is 4.42 Å². The van der Waals surface area contributed by atoms with Gasteiger partial charge in [0.1, 0.15) is 11.2 Å². The van der Waals surface area contributed by atoms with Crippen LogP contribution in [0.5, 0.6) is 0 Å². The Bertz CT molecular complexity index is 2050. The van der Waals surface area contributed by atoms with Crippen molar-refractivity contribution in [1.29, 1.82) is 0 Å². The maximum atomic E-state index is 6.22. The first-order valence-electron chi connectivity index (χ1n) is 13.5. The van der Waals surface area contributed by atoms with E-state index in [4.69, 9.17) is 4.42 Å². The van der Waals surface area contributed by atoms with E-state index in [9.17, 15) is 0 Å². The molecule has 1 heterocycles. The van der Waals surface area contributed by atoms with E-state index >= 15 is 0 Å². The van der Waals surface area contributed by atoms with Gasteiger partial charge in [-0.3, -0.25) is 0 Å². The number of hydrogen-bond acceptors (Lipinski definition) is 2. The molecular formula is C37H27NO. The number of nitrogens with zero attached hydrogens (tertiary/aromatic N) is 1. The molecule has 0 N–H and O–H groups in total. The summed E-state index contributed by atoms with van der Waals surface area (Å²) in [5, 5.41) is 4.68. The minimum atomic E-state index is -0.0550. The molecule has 0 saturated heterocycles. The fraction of sp³-hybridized carbons (Fsp3) is 0.0811. The highest BCUT2D eigenvalue weighted by molar-refractivity contribution is 6.10. The van der Waals surface area contributed by atoms with Crippen molar-refractivity contribution in [3.63, 3.8) is 0 Å². The number of hydrogen-bond donors (Lipinski definition) is 0. The first-order valence-corrected chi connectivity index (χ1v) is 13.5. The summed E-state index contributed by atoms with van der Waals surface area (Å²) in [7, 11) is 0. The van der Waals surface area contributed by atoms with Crippen molar-refractivity contribution in [1.82, 2.24) is 0 Å². The predicted octanol–water partition coefficient (Wildman–Crippen LogP) is 10.5. The quantitative estimate of drug-likeness (QED) is 0.239. The molecule has 0 bridgehead atoms. The Labute approximate surface area is 227 Å².